The molecule has 8 nitrogen and oxygen atoms in total. The normalized spacial score (nSPS) is 13.5. The van der Waals surface area contributed by atoms with Gasteiger partial charge in [0.2, 0.25) is 15.9 Å². The Labute approximate surface area is 169 Å². The van der Waals surface area contributed by atoms with Crippen LogP contribution in [0, 0.1) is 20.8 Å². The molecule has 0 fully saturated rings. The molecule has 3 rings (SSSR count). The summed E-state index contributed by atoms with van der Waals surface area (Å²) in [5.74, 6) is -0.463. The van der Waals surface area contributed by atoms with Crippen LogP contribution in [0.25, 0.3) is 0 Å². The van der Waals surface area contributed by atoms with E-state index in [2.05, 4.69) is 10.6 Å². The summed E-state index contributed by atoms with van der Waals surface area (Å²) in [6, 6.07) is 8.54. The molecule has 2 aromatic carbocycles. The van der Waals surface area contributed by atoms with Crippen molar-refractivity contribution in [3.8, 4) is 5.75 Å². The molecule has 0 aromatic heterocycles. The van der Waals surface area contributed by atoms with E-state index < -0.39 is 15.9 Å². The van der Waals surface area contributed by atoms with Crippen LogP contribution < -0.4 is 15.4 Å². The van der Waals surface area contributed by atoms with Crippen molar-refractivity contribution >= 4 is 33.2 Å². The Morgan fingerprint density at radius 2 is 1.79 bits per heavy atom. The lowest BCUT2D eigenvalue weighted by atomic mass is 10.1. The van der Waals surface area contributed by atoms with Crippen LogP contribution in [0.4, 0.5) is 11.4 Å². The van der Waals surface area contributed by atoms with Crippen LogP contribution in [0.2, 0.25) is 0 Å². The Morgan fingerprint density at radius 1 is 1.14 bits per heavy atom. The molecule has 2 N–H and O–H groups in total. The van der Waals surface area contributed by atoms with E-state index in [-0.39, 0.29) is 29.7 Å². The third-order valence-electron chi connectivity index (χ3n) is 4.47. The van der Waals surface area contributed by atoms with E-state index in [1.165, 1.54) is 13.1 Å². The highest BCUT2D eigenvalue weighted by atomic mass is 32.2. The van der Waals surface area contributed by atoms with E-state index >= 15 is 0 Å². The molecule has 2 aromatic rings. The van der Waals surface area contributed by atoms with Crippen LogP contribution in [0.15, 0.2) is 35.2 Å². The second-order valence-electron chi connectivity index (χ2n) is 7.14. The predicted octanol–water partition coefficient (Wildman–Crippen LogP) is 2.20. The first-order chi connectivity index (χ1) is 13.6. The van der Waals surface area contributed by atoms with Gasteiger partial charge in [-0.1, -0.05) is 6.07 Å². The summed E-state index contributed by atoms with van der Waals surface area (Å²) in [6.07, 6.45) is 0. The van der Waals surface area contributed by atoms with Gasteiger partial charge in [0.25, 0.3) is 5.91 Å². The van der Waals surface area contributed by atoms with Gasteiger partial charge in [-0.15, -0.1) is 0 Å². The molecule has 2 amide bonds. The Hall–Kier alpha value is -2.91. The zero-order valence-corrected chi connectivity index (χ0v) is 17.5. The van der Waals surface area contributed by atoms with Gasteiger partial charge in [-0.05, 0) is 55.7 Å². The number of sulfonamides is 1. The van der Waals surface area contributed by atoms with Gasteiger partial charge in [0.1, 0.15) is 5.75 Å². The fraction of sp³-hybridized carbons (Fsp3) is 0.300. The second-order valence-corrected chi connectivity index (χ2v) is 9.15. The first-order valence-electron chi connectivity index (χ1n) is 8.98. The Balaban J connectivity index is 1.78. The van der Waals surface area contributed by atoms with Crippen molar-refractivity contribution in [1.82, 2.24) is 4.31 Å². The van der Waals surface area contributed by atoms with E-state index in [4.69, 9.17) is 4.74 Å². The molecule has 1 aliphatic rings. The lowest BCUT2D eigenvalue weighted by Gasteiger charge is -2.22. The second kappa shape index (κ2) is 7.84. The highest BCUT2D eigenvalue weighted by Gasteiger charge is 2.28. The van der Waals surface area contributed by atoms with E-state index in [0.717, 1.165) is 15.4 Å². The maximum atomic E-state index is 13.0. The van der Waals surface area contributed by atoms with Crippen LogP contribution >= 0.6 is 0 Å². The molecule has 154 valence electrons. The topological polar surface area (TPSA) is 105 Å². The van der Waals surface area contributed by atoms with Gasteiger partial charge >= 0.3 is 0 Å². The highest BCUT2D eigenvalue weighted by molar-refractivity contribution is 7.89. The Kier molecular flexibility index (Phi) is 5.63. The molecule has 29 heavy (non-hydrogen) atoms. The monoisotopic (exact) mass is 417 g/mol. The molecule has 0 atom stereocenters. The molecule has 1 aliphatic heterocycles. The van der Waals surface area contributed by atoms with Gasteiger partial charge in [-0.25, -0.2) is 8.42 Å². The summed E-state index contributed by atoms with van der Waals surface area (Å²) < 4.78 is 32.3. The number of aryl methyl sites for hydroxylation is 3. The van der Waals surface area contributed by atoms with E-state index in [9.17, 15) is 18.0 Å². The number of hydrogen-bond donors (Lipinski definition) is 2. The van der Waals surface area contributed by atoms with Crippen LogP contribution in [0.3, 0.4) is 0 Å². The van der Waals surface area contributed by atoms with Crippen molar-refractivity contribution < 1.29 is 22.7 Å². The summed E-state index contributed by atoms with van der Waals surface area (Å²) in [5.41, 5.74) is 3.48. The number of likely N-dealkylation sites (N-methyl/N-ethyl adjacent to an activating group) is 1. The molecule has 0 radical (unpaired) electrons. The van der Waals surface area contributed by atoms with Crippen molar-refractivity contribution in [2.24, 2.45) is 0 Å². The molecule has 0 saturated heterocycles. The zero-order chi connectivity index (χ0) is 21.3. The van der Waals surface area contributed by atoms with Crippen LogP contribution in [0.5, 0.6) is 5.75 Å². The third-order valence-corrected chi connectivity index (χ3v) is 6.42. The number of carbonyl (C=O) groups is 2. The van der Waals surface area contributed by atoms with Gasteiger partial charge < -0.3 is 15.4 Å². The number of fused-ring (bicyclic) bond motifs is 1. The molecular weight excluding hydrogens is 394 g/mol. The number of carbonyl (C=O) groups excluding carboxylic acids is 2. The van der Waals surface area contributed by atoms with Gasteiger partial charge in [0.15, 0.2) is 6.61 Å². The number of amides is 2. The van der Waals surface area contributed by atoms with Crippen molar-refractivity contribution in [1.29, 1.82) is 0 Å². The SMILES string of the molecule is Cc1cc(C)cc(NC(=O)CN(C)S(=O)(=O)c2cc3c(cc2C)NC(=O)CO3)c1. The van der Waals surface area contributed by atoms with Crippen LogP contribution in [-0.2, 0) is 19.6 Å². The standard InChI is InChI=1S/C20H23N3O5S/c1-12-5-13(2)7-15(6-12)21-19(24)10-23(4)29(26,27)18-9-17-16(8-14(18)3)22-20(25)11-28-17/h5-9H,10-11H2,1-4H3,(H,21,24)(H,22,25). The molecular formula is C20H23N3O5S. The number of nitrogens with one attached hydrogen (secondary N) is 2. The maximum Gasteiger partial charge on any atom is 0.262 e. The van der Waals surface area contributed by atoms with E-state index in [0.29, 0.717) is 16.9 Å². The first kappa shape index (κ1) is 20.8. The fourth-order valence-corrected chi connectivity index (χ4v) is 4.54. The van der Waals surface area contributed by atoms with Crippen molar-refractivity contribution in [3.05, 3.63) is 47.0 Å². The molecule has 9 heteroatoms. The molecule has 0 saturated carbocycles. The van der Waals surface area contributed by atoms with Gasteiger partial charge in [0.05, 0.1) is 17.1 Å². The fourth-order valence-electron chi connectivity index (χ4n) is 3.20. The number of nitrogens with zero attached hydrogens (tertiary/aromatic N) is 1. The Morgan fingerprint density at radius 3 is 2.45 bits per heavy atom. The lowest BCUT2D eigenvalue weighted by Crippen LogP contribution is -2.35. The van der Waals surface area contributed by atoms with Crippen molar-refractivity contribution in [2.75, 3.05) is 30.8 Å². The summed E-state index contributed by atoms with van der Waals surface area (Å²) in [5, 5.41) is 5.37. The van der Waals surface area contributed by atoms with Crippen molar-refractivity contribution in [2.45, 2.75) is 25.7 Å². The minimum Gasteiger partial charge on any atom is -0.482 e. The van der Waals surface area contributed by atoms with Gasteiger partial charge in [0, 0.05) is 18.8 Å². The number of hydrogen-bond acceptors (Lipinski definition) is 5. The quantitative estimate of drug-likeness (QED) is 0.776. The van der Waals surface area contributed by atoms with Crippen LogP contribution in [0.1, 0.15) is 16.7 Å². The van der Waals surface area contributed by atoms with E-state index in [1.54, 1.807) is 13.0 Å². The largest absolute Gasteiger partial charge is 0.482 e. The average Bonchev–Trinajstić information content (AvgIpc) is 2.59. The molecule has 0 spiro atoms. The number of anilines is 2. The number of benzene rings is 2. The predicted molar refractivity (Wildman–Crippen MR) is 110 cm³/mol. The summed E-state index contributed by atoms with van der Waals surface area (Å²) in [6.45, 7) is 4.94. The lowest BCUT2D eigenvalue weighted by molar-refractivity contribution is -0.118. The van der Waals surface area contributed by atoms with Gasteiger partial charge in [-0.3, -0.25) is 9.59 Å². The zero-order valence-electron chi connectivity index (χ0n) is 16.7. The van der Waals surface area contributed by atoms with E-state index in [1.807, 2.05) is 32.0 Å². The summed E-state index contributed by atoms with van der Waals surface area (Å²) in [7, 11) is -2.60. The molecule has 0 bridgehead atoms. The Bertz CT molecular complexity index is 1080. The van der Waals surface area contributed by atoms with Gasteiger partial charge in [-0.2, -0.15) is 4.31 Å². The molecule has 1 heterocycles. The summed E-state index contributed by atoms with van der Waals surface area (Å²) >= 11 is 0. The number of rotatable bonds is 5. The molecule has 0 unspecified atom stereocenters. The average molecular weight is 417 g/mol. The first-order valence-corrected chi connectivity index (χ1v) is 10.4. The summed E-state index contributed by atoms with van der Waals surface area (Å²) in [4.78, 5) is 23.8. The third kappa shape index (κ3) is 4.57. The number of ether oxygens (including phenoxy) is 1. The maximum absolute atomic E-state index is 13.0. The van der Waals surface area contributed by atoms with Crippen molar-refractivity contribution in [3.63, 3.8) is 0 Å². The minimum absolute atomic E-state index is 0.0223. The smallest absolute Gasteiger partial charge is 0.262 e. The highest BCUT2D eigenvalue weighted by Crippen LogP contribution is 2.33. The minimum atomic E-state index is -3.94. The van der Waals surface area contributed by atoms with Crippen LogP contribution in [-0.4, -0.2) is 44.7 Å². The molecule has 0 aliphatic carbocycles.